The smallest absolute Gasteiger partial charge is 0.203 e. The first-order valence-electron chi connectivity index (χ1n) is 6.73. The number of rotatable bonds is 5. The monoisotopic (exact) mass is 300 g/mol. The summed E-state index contributed by atoms with van der Waals surface area (Å²) in [6.07, 6.45) is 1.93. The van der Waals surface area contributed by atoms with Crippen molar-refractivity contribution in [2.75, 3.05) is 34.5 Å². The lowest BCUT2D eigenvalue weighted by Gasteiger charge is -2.28. The number of alkyl halides is 1. The molecule has 1 aliphatic heterocycles. The van der Waals surface area contributed by atoms with E-state index in [2.05, 4.69) is 0 Å². The number of ether oxygens (including phenoxy) is 4. The standard InChI is InChI=1S/C15H21ClO4/c1-17-12-5-4-11(14(18-2)15(12)19-3)13(16)10-6-8-20-9-7-10/h4-5,10,13H,6-9H2,1-3H3. The first-order valence-corrected chi connectivity index (χ1v) is 7.17. The third-order valence-electron chi connectivity index (χ3n) is 3.71. The molecular formula is C15H21ClO4. The number of methoxy groups -OCH3 is 3. The summed E-state index contributed by atoms with van der Waals surface area (Å²) in [6, 6.07) is 3.82. The van der Waals surface area contributed by atoms with Crippen molar-refractivity contribution in [1.82, 2.24) is 0 Å². The molecule has 0 N–H and O–H groups in total. The summed E-state index contributed by atoms with van der Waals surface area (Å²) in [5, 5.41) is -0.117. The average Bonchev–Trinajstić information content (AvgIpc) is 2.53. The highest BCUT2D eigenvalue weighted by Gasteiger charge is 2.28. The van der Waals surface area contributed by atoms with Crippen LogP contribution in [0.1, 0.15) is 23.8 Å². The second-order valence-corrected chi connectivity index (χ2v) is 5.25. The molecule has 1 aliphatic rings. The van der Waals surface area contributed by atoms with Crippen molar-refractivity contribution in [3.8, 4) is 17.2 Å². The van der Waals surface area contributed by atoms with Crippen LogP contribution in [0.4, 0.5) is 0 Å². The van der Waals surface area contributed by atoms with Crippen molar-refractivity contribution in [3.63, 3.8) is 0 Å². The number of hydrogen-bond donors (Lipinski definition) is 0. The van der Waals surface area contributed by atoms with Crippen molar-refractivity contribution in [2.24, 2.45) is 5.92 Å². The molecule has 0 aliphatic carbocycles. The molecule has 1 aromatic rings. The first kappa shape index (κ1) is 15.3. The van der Waals surface area contributed by atoms with Crippen molar-refractivity contribution in [1.29, 1.82) is 0 Å². The van der Waals surface area contributed by atoms with E-state index >= 15 is 0 Å². The molecule has 0 bridgehead atoms. The summed E-state index contributed by atoms with van der Waals surface area (Å²) in [5.41, 5.74) is 0.943. The van der Waals surface area contributed by atoms with Crippen molar-refractivity contribution >= 4 is 11.6 Å². The lowest BCUT2D eigenvalue weighted by Crippen LogP contribution is -2.20. The summed E-state index contributed by atoms with van der Waals surface area (Å²) < 4.78 is 21.6. The van der Waals surface area contributed by atoms with Gasteiger partial charge in [-0.15, -0.1) is 11.6 Å². The van der Waals surface area contributed by atoms with Crippen molar-refractivity contribution in [2.45, 2.75) is 18.2 Å². The largest absolute Gasteiger partial charge is 0.493 e. The maximum atomic E-state index is 6.66. The highest BCUT2D eigenvalue weighted by Crippen LogP contribution is 2.47. The fraction of sp³-hybridized carbons (Fsp3) is 0.600. The average molecular weight is 301 g/mol. The molecule has 2 rings (SSSR count). The molecule has 1 saturated heterocycles. The summed E-state index contributed by atoms with van der Waals surface area (Å²) in [6.45, 7) is 1.53. The van der Waals surface area contributed by atoms with Crippen LogP contribution in [0.2, 0.25) is 0 Å². The van der Waals surface area contributed by atoms with Gasteiger partial charge in [0, 0.05) is 18.8 Å². The normalized spacial score (nSPS) is 17.6. The molecule has 20 heavy (non-hydrogen) atoms. The molecule has 1 aromatic carbocycles. The van der Waals surface area contributed by atoms with Gasteiger partial charge in [0.2, 0.25) is 5.75 Å². The second kappa shape index (κ2) is 7.04. The van der Waals surface area contributed by atoms with Gasteiger partial charge in [-0.2, -0.15) is 0 Å². The minimum atomic E-state index is -0.117. The first-order chi connectivity index (χ1) is 9.72. The Morgan fingerprint density at radius 2 is 1.70 bits per heavy atom. The fourth-order valence-electron chi connectivity index (χ4n) is 2.60. The molecule has 0 amide bonds. The zero-order chi connectivity index (χ0) is 14.5. The van der Waals surface area contributed by atoms with E-state index in [0.29, 0.717) is 23.2 Å². The molecule has 1 atom stereocenters. The maximum Gasteiger partial charge on any atom is 0.203 e. The van der Waals surface area contributed by atoms with E-state index in [1.165, 1.54) is 0 Å². The highest BCUT2D eigenvalue weighted by atomic mass is 35.5. The van der Waals surface area contributed by atoms with E-state index in [1.807, 2.05) is 12.1 Å². The molecule has 112 valence electrons. The van der Waals surface area contributed by atoms with E-state index in [9.17, 15) is 0 Å². The van der Waals surface area contributed by atoms with Gasteiger partial charge in [-0.3, -0.25) is 0 Å². The van der Waals surface area contributed by atoms with Gasteiger partial charge in [-0.1, -0.05) is 0 Å². The van der Waals surface area contributed by atoms with Gasteiger partial charge in [-0.25, -0.2) is 0 Å². The predicted octanol–water partition coefficient (Wildman–Crippen LogP) is 3.42. The number of hydrogen-bond acceptors (Lipinski definition) is 4. The molecule has 4 nitrogen and oxygen atoms in total. The minimum absolute atomic E-state index is 0.117. The van der Waals surface area contributed by atoms with Crippen LogP contribution in [0, 0.1) is 5.92 Å². The van der Waals surface area contributed by atoms with Gasteiger partial charge in [0.25, 0.3) is 0 Å². The molecule has 0 radical (unpaired) electrons. The van der Waals surface area contributed by atoms with Gasteiger partial charge < -0.3 is 18.9 Å². The second-order valence-electron chi connectivity index (χ2n) is 4.78. The molecule has 5 heteroatoms. The Labute approximate surface area is 124 Å². The number of halogens is 1. The van der Waals surface area contributed by atoms with Gasteiger partial charge in [0.05, 0.1) is 26.7 Å². The summed E-state index contributed by atoms with van der Waals surface area (Å²) >= 11 is 6.66. The summed E-state index contributed by atoms with van der Waals surface area (Å²) in [7, 11) is 4.82. The predicted molar refractivity (Wildman–Crippen MR) is 78.2 cm³/mol. The van der Waals surface area contributed by atoms with Crippen LogP contribution < -0.4 is 14.2 Å². The van der Waals surface area contributed by atoms with E-state index in [0.717, 1.165) is 31.6 Å². The van der Waals surface area contributed by atoms with Gasteiger partial charge in [0.15, 0.2) is 11.5 Å². The van der Waals surface area contributed by atoms with Crippen LogP contribution >= 0.6 is 11.6 Å². The Morgan fingerprint density at radius 3 is 2.25 bits per heavy atom. The van der Waals surface area contributed by atoms with Crippen LogP contribution in [0.15, 0.2) is 12.1 Å². The molecule has 0 aromatic heterocycles. The maximum absolute atomic E-state index is 6.66. The van der Waals surface area contributed by atoms with Gasteiger partial charge in [-0.05, 0) is 30.9 Å². The van der Waals surface area contributed by atoms with Crippen molar-refractivity contribution < 1.29 is 18.9 Å². The van der Waals surface area contributed by atoms with E-state index in [1.54, 1.807) is 21.3 Å². The fourth-order valence-corrected chi connectivity index (χ4v) is 3.03. The van der Waals surface area contributed by atoms with E-state index < -0.39 is 0 Å². The SMILES string of the molecule is COc1ccc(C(Cl)C2CCOCC2)c(OC)c1OC. The zero-order valence-electron chi connectivity index (χ0n) is 12.1. The van der Waals surface area contributed by atoms with Crippen molar-refractivity contribution in [3.05, 3.63) is 17.7 Å². The number of benzene rings is 1. The Bertz CT molecular complexity index is 444. The van der Waals surface area contributed by atoms with Crippen LogP contribution in [-0.2, 0) is 4.74 Å². The van der Waals surface area contributed by atoms with E-state index in [-0.39, 0.29) is 5.38 Å². The lowest BCUT2D eigenvalue weighted by molar-refractivity contribution is 0.0648. The van der Waals surface area contributed by atoms with Gasteiger partial charge >= 0.3 is 0 Å². The molecular weight excluding hydrogens is 280 g/mol. The summed E-state index contributed by atoms with van der Waals surface area (Å²) in [5.74, 6) is 2.27. The lowest BCUT2D eigenvalue weighted by atomic mass is 9.91. The third kappa shape index (κ3) is 2.96. The third-order valence-corrected chi connectivity index (χ3v) is 4.30. The molecule has 1 heterocycles. The molecule has 0 saturated carbocycles. The Hall–Kier alpha value is -1.13. The summed E-state index contributed by atoms with van der Waals surface area (Å²) in [4.78, 5) is 0. The van der Waals surface area contributed by atoms with Crippen LogP contribution in [0.25, 0.3) is 0 Å². The zero-order valence-corrected chi connectivity index (χ0v) is 12.9. The Balaban J connectivity index is 2.34. The molecule has 1 unspecified atom stereocenters. The minimum Gasteiger partial charge on any atom is -0.493 e. The molecule has 1 fully saturated rings. The van der Waals surface area contributed by atoms with Crippen LogP contribution in [-0.4, -0.2) is 34.5 Å². The van der Waals surface area contributed by atoms with Gasteiger partial charge in [0.1, 0.15) is 0 Å². The quantitative estimate of drug-likeness (QED) is 0.781. The molecule has 0 spiro atoms. The topological polar surface area (TPSA) is 36.9 Å². The van der Waals surface area contributed by atoms with E-state index in [4.69, 9.17) is 30.5 Å². The van der Waals surface area contributed by atoms with Crippen LogP contribution in [0.5, 0.6) is 17.2 Å². The highest BCUT2D eigenvalue weighted by molar-refractivity contribution is 6.21. The Morgan fingerprint density at radius 1 is 1.05 bits per heavy atom. The Kier molecular flexibility index (Phi) is 5.38. The van der Waals surface area contributed by atoms with Crippen LogP contribution in [0.3, 0.4) is 0 Å².